The fourth-order valence-electron chi connectivity index (χ4n) is 4.30. The van der Waals surface area contributed by atoms with Crippen molar-refractivity contribution in [2.45, 2.75) is 18.9 Å². The topological polar surface area (TPSA) is 67.5 Å². The molecule has 0 radical (unpaired) electrons. The van der Waals surface area contributed by atoms with Crippen molar-refractivity contribution in [2.24, 2.45) is 5.92 Å². The van der Waals surface area contributed by atoms with Gasteiger partial charge in [-0.1, -0.05) is 6.07 Å². The number of rotatable bonds is 1. The molecule has 6 heteroatoms. The minimum Gasteiger partial charge on any atom is -0.464 e. The van der Waals surface area contributed by atoms with Crippen molar-refractivity contribution in [3.8, 4) is 0 Å². The van der Waals surface area contributed by atoms with Crippen molar-refractivity contribution in [2.75, 3.05) is 18.4 Å². The average molecular weight is 349 g/mol. The maximum atomic E-state index is 12.8. The minimum atomic E-state index is -0.0997. The maximum Gasteiger partial charge on any atom is 0.321 e. The van der Waals surface area contributed by atoms with E-state index >= 15 is 0 Å². The summed E-state index contributed by atoms with van der Waals surface area (Å²) in [6.45, 7) is 1.99. The quantitative estimate of drug-likeness (QED) is 0.733. The lowest BCUT2D eigenvalue weighted by molar-refractivity contribution is 0.139. The number of urea groups is 1. The molecule has 0 spiro atoms. The summed E-state index contributed by atoms with van der Waals surface area (Å²) in [7, 11) is 0. The molecule has 2 atom stereocenters. The lowest BCUT2D eigenvalue weighted by atomic mass is 9.83. The fraction of sp³-hybridized carbons (Fsp3) is 0.300. The average Bonchev–Trinajstić information content (AvgIpc) is 3.10. The second-order valence-corrected chi connectivity index (χ2v) is 7.21. The fourth-order valence-corrected chi connectivity index (χ4v) is 4.30. The van der Waals surface area contributed by atoms with E-state index in [1.165, 1.54) is 0 Å². The maximum absolute atomic E-state index is 12.8. The molecule has 1 saturated heterocycles. The van der Waals surface area contributed by atoms with Crippen LogP contribution in [0.15, 0.2) is 57.9 Å². The molecule has 0 unspecified atom stereocenters. The first-order chi connectivity index (χ1) is 12.7. The van der Waals surface area contributed by atoms with Gasteiger partial charge in [0.25, 0.3) is 5.56 Å². The normalized spacial score (nSPS) is 21.5. The van der Waals surface area contributed by atoms with Crippen LogP contribution in [0.4, 0.5) is 10.5 Å². The Morgan fingerprint density at radius 1 is 1.12 bits per heavy atom. The highest BCUT2D eigenvalue weighted by molar-refractivity contribution is 5.92. The van der Waals surface area contributed by atoms with Gasteiger partial charge in [0, 0.05) is 54.5 Å². The lowest BCUT2D eigenvalue weighted by Crippen LogP contribution is -2.50. The Morgan fingerprint density at radius 2 is 2.04 bits per heavy atom. The molecule has 0 saturated carbocycles. The summed E-state index contributed by atoms with van der Waals surface area (Å²) in [6.07, 6.45) is 2.67. The van der Waals surface area contributed by atoms with E-state index in [0.29, 0.717) is 25.6 Å². The van der Waals surface area contributed by atoms with Gasteiger partial charge < -0.3 is 19.2 Å². The number of furan rings is 1. The third kappa shape index (κ3) is 2.49. The molecular formula is C20H19N3O3. The number of hydrogen-bond acceptors (Lipinski definition) is 3. The van der Waals surface area contributed by atoms with Crippen LogP contribution >= 0.6 is 0 Å². The van der Waals surface area contributed by atoms with Crippen molar-refractivity contribution < 1.29 is 9.21 Å². The second kappa shape index (κ2) is 5.76. The molecule has 2 aliphatic rings. The number of likely N-dealkylation sites (tertiary alicyclic amines) is 1. The molecule has 3 aromatic rings. The lowest BCUT2D eigenvalue weighted by Gasteiger charge is -2.42. The van der Waals surface area contributed by atoms with E-state index in [1.54, 1.807) is 12.3 Å². The van der Waals surface area contributed by atoms with Crippen LogP contribution in [0.2, 0.25) is 0 Å². The number of hydrogen-bond donors (Lipinski definition) is 1. The number of piperidine rings is 1. The highest BCUT2D eigenvalue weighted by atomic mass is 16.3. The molecule has 1 aromatic carbocycles. The number of carbonyl (C=O) groups is 1. The molecule has 4 heterocycles. The Balaban J connectivity index is 1.36. The number of nitrogens with zero attached hydrogens (tertiary/aromatic N) is 2. The van der Waals surface area contributed by atoms with Crippen molar-refractivity contribution in [3.63, 3.8) is 0 Å². The van der Waals surface area contributed by atoms with E-state index in [9.17, 15) is 9.59 Å². The van der Waals surface area contributed by atoms with Crippen LogP contribution in [0.1, 0.15) is 18.0 Å². The summed E-state index contributed by atoms with van der Waals surface area (Å²) in [5.74, 6) is 0.536. The summed E-state index contributed by atoms with van der Waals surface area (Å²) in [5.41, 5.74) is 2.58. The number of carbonyl (C=O) groups excluding carboxylic acids is 1. The highest BCUT2D eigenvalue weighted by Crippen LogP contribution is 2.35. The number of amides is 2. The van der Waals surface area contributed by atoms with Crippen molar-refractivity contribution in [1.82, 2.24) is 9.47 Å². The Morgan fingerprint density at radius 3 is 2.96 bits per heavy atom. The smallest absolute Gasteiger partial charge is 0.321 e. The van der Waals surface area contributed by atoms with Gasteiger partial charge in [-0.05, 0) is 36.6 Å². The van der Waals surface area contributed by atoms with E-state index in [0.717, 1.165) is 28.8 Å². The number of fused-ring (bicyclic) bond motifs is 5. The van der Waals surface area contributed by atoms with E-state index in [2.05, 4.69) is 5.32 Å². The van der Waals surface area contributed by atoms with Crippen LogP contribution in [0.25, 0.3) is 11.0 Å². The molecule has 2 bridgehead atoms. The predicted octanol–water partition coefficient (Wildman–Crippen LogP) is 3.25. The first kappa shape index (κ1) is 15.3. The van der Waals surface area contributed by atoms with Gasteiger partial charge in [-0.2, -0.15) is 0 Å². The molecule has 26 heavy (non-hydrogen) atoms. The van der Waals surface area contributed by atoms with Crippen LogP contribution in [0.5, 0.6) is 0 Å². The third-order valence-corrected chi connectivity index (χ3v) is 5.47. The van der Waals surface area contributed by atoms with E-state index in [-0.39, 0.29) is 17.5 Å². The SMILES string of the molecule is O=C(Nc1ccc2ccoc2c1)N1C[C@@H]2C[C@H](C1)c1cccc(=O)n1C2. The first-order valence-electron chi connectivity index (χ1n) is 8.90. The van der Waals surface area contributed by atoms with Crippen LogP contribution in [-0.4, -0.2) is 28.6 Å². The molecule has 1 N–H and O–H groups in total. The molecule has 5 rings (SSSR count). The van der Waals surface area contributed by atoms with Crippen LogP contribution in [0.3, 0.4) is 0 Å². The third-order valence-electron chi connectivity index (χ3n) is 5.47. The number of pyridine rings is 1. The van der Waals surface area contributed by atoms with Crippen LogP contribution < -0.4 is 10.9 Å². The van der Waals surface area contributed by atoms with Gasteiger partial charge in [0.1, 0.15) is 5.58 Å². The zero-order valence-electron chi connectivity index (χ0n) is 14.2. The molecule has 0 aliphatic carbocycles. The Hall–Kier alpha value is -3.02. The van der Waals surface area contributed by atoms with Gasteiger partial charge in [0.05, 0.1) is 6.26 Å². The summed E-state index contributed by atoms with van der Waals surface area (Å²) in [6, 6.07) is 12.9. The monoisotopic (exact) mass is 349 g/mol. The summed E-state index contributed by atoms with van der Waals surface area (Å²) < 4.78 is 7.27. The molecular weight excluding hydrogens is 330 g/mol. The second-order valence-electron chi connectivity index (χ2n) is 7.21. The summed E-state index contributed by atoms with van der Waals surface area (Å²) in [5, 5.41) is 3.99. The van der Waals surface area contributed by atoms with Crippen molar-refractivity contribution in [3.05, 3.63) is 64.8 Å². The van der Waals surface area contributed by atoms with Gasteiger partial charge in [-0.25, -0.2) is 4.79 Å². The molecule has 2 amide bonds. The molecule has 2 aromatic heterocycles. The molecule has 6 nitrogen and oxygen atoms in total. The van der Waals surface area contributed by atoms with Crippen LogP contribution in [0, 0.1) is 5.92 Å². The zero-order chi connectivity index (χ0) is 17.7. The summed E-state index contributed by atoms with van der Waals surface area (Å²) in [4.78, 5) is 26.7. The van der Waals surface area contributed by atoms with E-state index in [1.807, 2.05) is 45.9 Å². The zero-order valence-corrected chi connectivity index (χ0v) is 14.2. The van der Waals surface area contributed by atoms with Gasteiger partial charge in [0.2, 0.25) is 0 Å². The molecule has 132 valence electrons. The van der Waals surface area contributed by atoms with Gasteiger partial charge >= 0.3 is 6.03 Å². The number of nitrogens with one attached hydrogen (secondary N) is 1. The molecule has 2 aliphatic heterocycles. The number of aromatic nitrogens is 1. The van der Waals surface area contributed by atoms with Crippen molar-refractivity contribution >= 4 is 22.7 Å². The summed E-state index contributed by atoms with van der Waals surface area (Å²) >= 11 is 0. The number of anilines is 1. The van der Waals surface area contributed by atoms with Crippen molar-refractivity contribution in [1.29, 1.82) is 0 Å². The van der Waals surface area contributed by atoms with E-state index < -0.39 is 0 Å². The molecule has 1 fully saturated rings. The predicted molar refractivity (Wildman–Crippen MR) is 98.4 cm³/mol. The van der Waals surface area contributed by atoms with Crippen LogP contribution in [-0.2, 0) is 6.54 Å². The van der Waals surface area contributed by atoms with Gasteiger partial charge in [-0.15, -0.1) is 0 Å². The Labute approximate surface area is 150 Å². The largest absolute Gasteiger partial charge is 0.464 e. The standard InChI is InChI=1S/C20H19N3O3/c24-19-3-1-2-17-15-8-13(11-23(17)19)10-22(12-15)20(25)21-16-5-4-14-6-7-26-18(14)9-16/h1-7,9,13,15H,8,10-12H2,(H,21,25)/t13-,15+/m0/s1. The number of benzene rings is 1. The van der Waals surface area contributed by atoms with Gasteiger partial charge in [-0.3, -0.25) is 4.79 Å². The first-order valence-corrected chi connectivity index (χ1v) is 8.90. The highest BCUT2D eigenvalue weighted by Gasteiger charge is 2.36. The van der Waals surface area contributed by atoms with E-state index in [4.69, 9.17) is 4.42 Å². The minimum absolute atomic E-state index is 0.0573. The Bertz CT molecular complexity index is 1050. The van der Waals surface area contributed by atoms with Gasteiger partial charge in [0.15, 0.2) is 0 Å². The Kier molecular flexibility index (Phi) is 3.38.